The Kier molecular flexibility index (Phi) is 2.06. The number of primary amides is 1. The molecule has 4 N–H and O–H groups in total. The van der Waals surface area contributed by atoms with Gasteiger partial charge in [-0.1, -0.05) is 12.2 Å². The van der Waals surface area contributed by atoms with Crippen molar-refractivity contribution in [3.05, 3.63) is 12.2 Å². The molecule has 1 rings (SSSR count). The van der Waals surface area contributed by atoms with Gasteiger partial charge in [-0.15, -0.1) is 0 Å². The molecule has 0 saturated carbocycles. The summed E-state index contributed by atoms with van der Waals surface area (Å²) >= 11 is 0. The highest BCUT2D eigenvalue weighted by molar-refractivity contribution is 5.77. The number of carbonyl (C=O) groups excluding carboxylic acids is 1. The van der Waals surface area contributed by atoms with Crippen molar-refractivity contribution in [1.29, 1.82) is 0 Å². The van der Waals surface area contributed by atoms with Crippen molar-refractivity contribution < 1.29 is 4.79 Å². The fourth-order valence-corrected chi connectivity index (χ4v) is 1.15. The molecule has 0 saturated heterocycles. The van der Waals surface area contributed by atoms with Gasteiger partial charge in [0, 0.05) is 12.0 Å². The van der Waals surface area contributed by atoms with Crippen LogP contribution in [0.1, 0.15) is 12.8 Å². The van der Waals surface area contributed by atoms with E-state index in [4.69, 9.17) is 11.5 Å². The number of amides is 1. The summed E-state index contributed by atoms with van der Waals surface area (Å²) in [5.74, 6) is -0.278. The quantitative estimate of drug-likeness (QED) is 0.494. The van der Waals surface area contributed by atoms with Gasteiger partial charge in [-0.25, -0.2) is 0 Å². The van der Waals surface area contributed by atoms with E-state index in [-0.39, 0.29) is 17.9 Å². The van der Waals surface area contributed by atoms with Crippen LogP contribution >= 0.6 is 0 Å². The summed E-state index contributed by atoms with van der Waals surface area (Å²) in [4.78, 5) is 10.6. The lowest BCUT2D eigenvalue weighted by Gasteiger charge is -2.18. The first-order chi connectivity index (χ1) is 4.70. The van der Waals surface area contributed by atoms with E-state index < -0.39 is 0 Å². The van der Waals surface area contributed by atoms with Gasteiger partial charge < -0.3 is 11.5 Å². The first-order valence-electron chi connectivity index (χ1n) is 3.41. The predicted octanol–water partition coefficient (Wildman–Crippen LogP) is -0.235. The maximum atomic E-state index is 10.6. The zero-order valence-corrected chi connectivity index (χ0v) is 5.79. The molecule has 0 spiro atoms. The van der Waals surface area contributed by atoms with Crippen molar-refractivity contribution in [3.8, 4) is 0 Å². The Bertz CT molecular complexity index is 165. The third kappa shape index (κ3) is 1.57. The van der Waals surface area contributed by atoms with Crippen LogP contribution in [-0.2, 0) is 4.79 Å². The van der Waals surface area contributed by atoms with Crippen LogP contribution in [-0.4, -0.2) is 11.9 Å². The van der Waals surface area contributed by atoms with Gasteiger partial charge >= 0.3 is 0 Å². The van der Waals surface area contributed by atoms with Crippen LogP contribution < -0.4 is 11.5 Å². The number of rotatable bonds is 1. The molecule has 0 unspecified atom stereocenters. The van der Waals surface area contributed by atoms with E-state index in [2.05, 4.69) is 0 Å². The maximum Gasteiger partial charge on any atom is 0.220 e. The van der Waals surface area contributed by atoms with E-state index in [0.717, 1.165) is 6.42 Å². The van der Waals surface area contributed by atoms with Crippen molar-refractivity contribution in [1.82, 2.24) is 0 Å². The topological polar surface area (TPSA) is 69.1 Å². The zero-order chi connectivity index (χ0) is 7.56. The van der Waals surface area contributed by atoms with Crippen molar-refractivity contribution in [3.63, 3.8) is 0 Å². The zero-order valence-electron chi connectivity index (χ0n) is 5.79. The van der Waals surface area contributed by atoms with Crippen molar-refractivity contribution in [2.45, 2.75) is 18.9 Å². The first-order valence-corrected chi connectivity index (χ1v) is 3.41. The summed E-state index contributed by atoms with van der Waals surface area (Å²) < 4.78 is 0. The third-order valence-electron chi connectivity index (χ3n) is 1.76. The molecule has 2 atom stereocenters. The monoisotopic (exact) mass is 140 g/mol. The highest BCUT2D eigenvalue weighted by Gasteiger charge is 2.19. The molecular weight excluding hydrogens is 128 g/mol. The number of hydrogen-bond donors (Lipinski definition) is 2. The molecule has 1 amide bonds. The van der Waals surface area contributed by atoms with Crippen molar-refractivity contribution in [2.75, 3.05) is 0 Å². The standard InChI is InChI=1S/C7H12N2O/c8-6-3-1-2-5(4-6)7(9)10/h1,3,5-6H,2,4,8H2,(H2,9,10)/t5-,6+/m1/s1. The molecule has 0 heterocycles. The minimum Gasteiger partial charge on any atom is -0.369 e. The molecule has 10 heavy (non-hydrogen) atoms. The van der Waals surface area contributed by atoms with Gasteiger partial charge in [0.25, 0.3) is 0 Å². The molecule has 0 radical (unpaired) electrons. The Morgan fingerprint density at radius 3 is 2.70 bits per heavy atom. The summed E-state index contributed by atoms with van der Waals surface area (Å²) in [6.45, 7) is 0. The summed E-state index contributed by atoms with van der Waals surface area (Å²) in [7, 11) is 0. The molecule has 3 nitrogen and oxygen atoms in total. The molecule has 1 aliphatic carbocycles. The Hall–Kier alpha value is -0.830. The lowest BCUT2D eigenvalue weighted by atomic mass is 9.91. The van der Waals surface area contributed by atoms with Crippen LogP contribution in [0.4, 0.5) is 0 Å². The Labute approximate surface area is 60.1 Å². The van der Waals surface area contributed by atoms with E-state index in [1.54, 1.807) is 0 Å². The lowest BCUT2D eigenvalue weighted by Crippen LogP contribution is -2.32. The third-order valence-corrected chi connectivity index (χ3v) is 1.76. The van der Waals surface area contributed by atoms with Crippen LogP contribution in [0.5, 0.6) is 0 Å². The number of carbonyl (C=O) groups is 1. The molecule has 0 bridgehead atoms. The smallest absolute Gasteiger partial charge is 0.220 e. The highest BCUT2D eigenvalue weighted by Crippen LogP contribution is 2.16. The van der Waals surface area contributed by atoms with Gasteiger partial charge in [0.15, 0.2) is 0 Å². The normalized spacial score (nSPS) is 32.1. The SMILES string of the molecule is NC(=O)[C@@H]1CC=C[C@H](N)C1. The van der Waals surface area contributed by atoms with E-state index in [0.29, 0.717) is 6.42 Å². The minimum absolute atomic E-state index is 0.0197. The second kappa shape index (κ2) is 2.84. The van der Waals surface area contributed by atoms with Crippen LogP contribution in [0.3, 0.4) is 0 Å². The van der Waals surface area contributed by atoms with Crippen molar-refractivity contribution >= 4 is 5.91 Å². The summed E-state index contributed by atoms with van der Waals surface area (Å²) in [6, 6.07) is 0.0197. The molecule has 3 heteroatoms. The molecule has 0 aromatic carbocycles. The number of allylic oxidation sites excluding steroid dienone is 1. The molecule has 0 aliphatic heterocycles. The summed E-state index contributed by atoms with van der Waals surface area (Å²) in [5, 5.41) is 0. The summed E-state index contributed by atoms with van der Waals surface area (Å²) in [6.07, 6.45) is 5.29. The number of hydrogen-bond acceptors (Lipinski definition) is 2. The first kappa shape index (κ1) is 7.28. The van der Waals surface area contributed by atoms with Gasteiger partial charge in [0.1, 0.15) is 0 Å². The molecule has 0 aromatic rings. The second-order valence-electron chi connectivity index (χ2n) is 2.66. The van der Waals surface area contributed by atoms with E-state index in [9.17, 15) is 4.79 Å². The molecule has 1 aliphatic rings. The van der Waals surface area contributed by atoms with E-state index in [1.165, 1.54) is 0 Å². The largest absolute Gasteiger partial charge is 0.369 e. The highest BCUT2D eigenvalue weighted by atomic mass is 16.1. The summed E-state index contributed by atoms with van der Waals surface area (Å²) in [5.41, 5.74) is 10.7. The van der Waals surface area contributed by atoms with Crippen LogP contribution in [0, 0.1) is 5.92 Å². The molecule has 0 fully saturated rings. The number of nitrogens with two attached hydrogens (primary N) is 2. The molecular formula is C7H12N2O. The predicted molar refractivity (Wildman–Crippen MR) is 39.0 cm³/mol. The Morgan fingerprint density at radius 1 is 1.60 bits per heavy atom. The van der Waals surface area contributed by atoms with Gasteiger partial charge in [0.2, 0.25) is 5.91 Å². The van der Waals surface area contributed by atoms with E-state index >= 15 is 0 Å². The minimum atomic E-state index is -0.236. The average Bonchev–Trinajstić information content (AvgIpc) is 1.88. The van der Waals surface area contributed by atoms with Gasteiger partial charge in [-0.2, -0.15) is 0 Å². The second-order valence-corrected chi connectivity index (χ2v) is 2.66. The average molecular weight is 140 g/mol. The van der Waals surface area contributed by atoms with Gasteiger partial charge in [-0.3, -0.25) is 4.79 Å². The van der Waals surface area contributed by atoms with Gasteiger partial charge in [-0.05, 0) is 12.8 Å². The van der Waals surface area contributed by atoms with Crippen LogP contribution in [0.25, 0.3) is 0 Å². The van der Waals surface area contributed by atoms with Crippen LogP contribution in [0.2, 0.25) is 0 Å². The Balaban J connectivity index is 2.52. The van der Waals surface area contributed by atoms with Crippen molar-refractivity contribution in [2.24, 2.45) is 17.4 Å². The molecule has 56 valence electrons. The fraction of sp³-hybridized carbons (Fsp3) is 0.571. The Morgan fingerprint density at radius 2 is 2.30 bits per heavy atom. The van der Waals surface area contributed by atoms with Gasteiger partial charge in [0.05, 0.1) is 0 Å². The lowest BCUT2D eigenvalue weighted by molar-refractivity contribution is -0.122. The fourth-order valence-electron chi connectivity index (χ4n) is 1.15. The van der Waals surface area contributed by atoms with E-state index in [1.807, 2.05) is 12.2 Å². The molecule has 0 aromatic heterocycles. The van der Waals surface area contributed by atoms with Crippen LogP contribution in [0.15, 0.2) is 12.2 Å². The maximum absolute atomic E-state index is 10.6.